The molecule has 3 nitrogen and oxygen atoms in total. The Balaban J connectivity index is 2.01. The molecule has 0 unspecified atom stereocenters. The molecule has 1 aromatic carbocycles. The second kappa shape index (κ2) is 7.99. The van der Waals surface area contributed by atoms with Crippen molar-refractivity contribution in [3.05, 3.63) is 42.0 Å². The van der Waals surface area contributed by atoms with Gasteiger partial charge in [0, 0.05) is 25.2 Å². The average molecular weight is 286 g/mol. The van der Waals surface area contributed by atoms with Gasteiger partial charge in [-0.3, -0.25) is 4.79 Å². The molecule has 1 aliphatic rings. The number of hydrogen-bond donors (Lipinski definition) is 0. The molecule has 1 saturated carbocycles. The summed E-state index contributed by atoms with van der Waals surface area (Å²) in [5.41, 5.74) is 1.07. The van der Waals surface area contributed by atoms with Gasteiger partial charge in [-0.05, 0) is 38.6 Å². The van der Waals surface area contributed by atoms with E-state index in [2.05, 4.69) is 23.9 Å². The fourth-order valence-corrected chi connectivity index (χ4v) is 2.82. The minimum absolute atomic E-state index is 0.146. The standard InChI is InChI=1S/C18H26N2O/c1-19(2)14-15-20(17-10-6-7-11-17)18(21)13-12-16-8-4-3-5-9-16/h3-5,8-9,12-13,17H,6-7,10-11,14-15H2,1-2H3. The number of carbonyl (C=O) groups excluding carboxylic acids is 1. The summed E-state index contributed by atoms with van der Waals surface area (Å²) in [5, 5.41) is 0. The highest BCUT2D eigenvalue weighted by Gasteiger charge is 2.25. The molecule has 21 heavy (non-hydrogen) atoms. The summed E-state index contributed by atoms with van der Waals surface area (Å²) < 4.78 is 0. The molecule has 0 aromatic heterocycles. The minimum Gasteiger partial charge on any atom is -0.335 e. The van der Waals surface area contributed by atoms with Gasteiger partial charge in [-0.2, -0.15) is 0 Å². The molecule has 0 heterocycles. The number of benzene rings is 1. The van der Waals surface area contributed by atoms with E-state index < -0.39 is 0 Å². The van der Waals surface area contributed by atoms with Crippen LogP contribution in [-0.4, -0.2) is 48.9 Å². The number of hydrogen-bond acceptors (Lipinski definition) is 2. The van der Waals surface area contributed by atoms with E-state index in [9.17, 15) is 4.79 Å². The van der Waals surface area contributed by atoms with Crippen molar-refractivity contribution in [1.82, 2.24) is 9.80 Å². The van der Waals surface area contributed by atoms with Gasteiger partial charge in [-0.1, -0.05) is 43.2 Å². The van der Waals surface area contributed by atoms with Crippen LogP contribution < -0.4 is 0 Å². The van der Waals surface area contributed by atoms with Crippen LogP contribution in [0.15, 0.2) is 36.4 Å². The van der Waals surface area contributed by atoms with Crippen molar-refractivity contribution in [2.75, 3.05) is 27.2 Å². The van der Waals surface area contributed by atoms with E-state index in [4.69, 9.17) is 0 Å². The van der Waals surface area contributed by atoms with Crippen molar-refractivity contribution in [2.24, 2.45) is 0 Å². The summed E-state index contributed by atoms with van der Waals surface area (Å²) in [7, 11) is 4.11. The van der Waals surface area contributed by atoms with Crippen molar-refractivity contribution in [3.63, 3.8) is 0 Å². The number of amides is 1. The SMILES string of the molecule is CN(C)CCN(C(=O)C=Cc1ccccc1)C1CCCC1. The van der Waals surface area contributed by atoms with Crippen LogP contribution in [-0.2, 0) is 4.79 Å². The molecule has 0 N–H and O–H groups in total. The number of carbonyl (C=O) groups is 1. The van der Waals surface area contributed by atoms with Gasteiger partial charge in [-0.25, -0.2) is 0 Å². The first-order valence-electron chi connectivity index (χ1n) is 7.85. The van der Waals surface area contributed by atoms with Gasteiger partial charge in [0.15, 0.2) is 0 Å². The highest BCUT2D eigenvalue weighted by molar-refractivity contribution is 5.92. The quantitative estimate of drug-likeness (QED) is 0.751. The average Bonchev–Trinajstić information content (AvgIpc) is 3.00. The van der Waals surface area contributed by atoms with Crippen molar-refractivity contribution >= 4 is 12.0 Å². The van der Waals surface area contributed by atoms with Crippen molar-refractivity contribution in [3.8, 4) is 0 Å². The van der Waals surface area contributed by atoms with Gasteiger partial charge < -0.3 is 9.80 Å². The Morgan fingerprint density at radius 3 is 2.43 bits per heavy atom. The molecule has 1 amide bonds. The Kier molecular flexibility index (Phi) is 6.00. The first kappa shape index (κ1) is 15.8. The Hall–Kier alpha value is -1.61. The predicted octanol–water partition coefficient (Wildman–Crippen LogP) is 3.03. The first-order valence-corrected chi connectivity index (χ1v) is 7.85. The molecule has 0 atom stereocenters. The molecule has 0 aliphatic heterocycles. The first-order chi connectivity index (χ1) is 10.2. The van der Waals surface area contributed by atoms with Gasteiger partial charge in [0.1, 0.15) is 0 Å². The third-order valence-electron chi connectivity index (χ3n) is 4.05. The van der Waals surface area contributed by atoms with Gasteiger partial charge in [0.2, 0.25) is 5.91 Å². The molecule has 3 heteroatoms. The molecular formula is C18H26N2O. The zero-order valence-electron chi connectivity index (χ0n) is 13.2. The third-order valence-corrected chi connectivity index (χ3v) is 4.05. The molecular weight excluding hydrogens is 260 g/mol. The Morgan fingerprint density at radius 1 is 1.14 bits per heavy atom. The van der Waals surface area contributed by atoms with Gasteiger partial charge in [0.05, 0.1) is 0 Å². The summed E-state index contributed by atoms with van der Waals surface area (Å²) >= 11 is 0. The van der Waals surface area contributed by atoms with E-state index in [1.165, 1.54) is 12.8 Å². The Morgan fingerprint density at radius 2 is 1.81 bits per heavy atom. The predicted molar refractivity (Wildman–Crippen MR) is 88.0 cm³/mol. The second-order valence-corrected chi connectivity index (χ2v) is 6.02. The van der Waals surface area contributed by atoms with Crippen LogP contribution in [0.5, 0.6) is 0 Å². The van der Waals surface area contributed by atoms with Gasteiger partial charge >= 0.3 is 0 Å². The van der Waals surface area contributed by atoms with Crippen molar-refractivity contribution in [2.45, 2.75) is 31.7 Å². The smallest absolute Gasteiger partial charge is 0.246 e. The number of likely N-dealkylation sites (N-methyl/N-ethyl adjacent to an activating group) is 1. The van der Waals surface area contributed by atoms with Crippen LogP contribution in [0.2, 0.25) is 0 Å². The third kappa shape index (κ3) is 5.01. The van der Waals surface area contributed by atoms with E-state index in [1.54, 1.807) is 6.08 Å². The summed E-state index contributed by atoms with van der Waals surface area (Å²) in [6.45, 7) is 1.73. The van der Waals surface area contributed by atoms with Gasteiger partial charge in [-0.15, -0.1) is 0 Å². The Bertz CT molecular complexity index is 461. The largest absolute Gasteiger partial charge is 0.335 e. The van der Waals surface area contributed by atoms with Gasteiger partial charge in [0.25, 0.3) is 0 Å². The highest BCUT2D eigenvalue weighted by Crippen LogP contribution is 2.23. The monoisotopic (exact) mass is 286 g/mol. The molecule has 0 bridgehead atoms. The lowest BCUT2D eigenvalue weighted by atomic mass is 10.2. The molecule has 0 saturated heterocycles. The van der Waals surface area contributed by atoms with E-state index in [-0.39, 0.29) is 5.91 Å². The lowest BCUT2D eigenvalue weighted by Crippen LogP contribution is -2.41. The molecule has 1 aromatic rings. The zero-order valence-corrected chi connectivity index (χ0v) is 13.2. The maximum Gasteiger partial charge on any atom is 0.246 e. The zero-order chi connectivity index (χ0) is 15.1. The second-order valence-electron chi connectivity index (χ2n) is 6.02. The number of rotatable bonds is 6. The molecule has 0 spiro atoms. The lowest BCUT2D eigenvalue weighted by Gasteiger charge is -2.29. The molecule has 1 aliphatic carbocycles. The van der Waals surface area contributed by atoms with Crippen molar-refractivity contribution < 1.29 is 4.79 Å². The fourth-order valence-electron chi connectivity index (χ4n) is 2.82. The highest BCUT2D eigenvalue weighted by atomic mass is 16.2. The number of nitrogens with zero attached hydrogens (tertiary/aromatic N) is 2. The summed E-state index contributed by atoms with van der Waals surface area (Å²) in [4.78, 5) is 16.7. The van der Waals surface area contributed by atoms with Crippen LogP contribution in [0, 0.1) is 0 Å². The lowest BCUT2D eigenvalue weighted by molar-refractivity contribution is -0.128. The van der Waals surface area contributed by atoms with Crippen LogP contribution in [0.3, 0.4) is 0 Å². The van der Waals surface area contributed by atoms with Crippen LogP contribution in [0.1, 0.15) is 31.2 Å². The maximum atomic E-state index is 12.5. The topological polar surface area (TPSA) is 23.6 Å². The molecule has 0 radical (unpaired) electrons. The van der Waals surface area contributed by atoms with Crippen molar-refractivity contribution in [1.29, 1.82) is 0 Å². The Labute approximate surface area is 128 Å². The van der Waals surface area contributed by atoms with E-state index in [1.807, 2.05) is 36.4 Å². The normalized spacial score (nSPS) is 16.0. The summed E-state index contributed by atoms with van der Waals surface area (Å²) in [6.07, 6.45) is 8.44. The van der Waals surface area contributed by atoms with E-state index in [0.29, 0.717) is 6.04 Å². The summed E-state index contributed by atoms with van der Waals surface area (Å²) in [5.74, 6) is 0.146. The molecule has 2 rings (SSSR count). The molecule has 114 valence electrons. The van der Waals surface area contributed by atoms with Crippen LogP contribution in [0.25, 0.3) is 6.08 Å². The van der Waals surface area contributed by atoms with Crippen LogP contribution in [0.4, 0.5) is 0 Å². The molecule has 1 fully saturated rings. The summed E-state index contributed by atoms with van der Waals surface area (Å²) in [6, 6.07) is 10.4. The van der Waals surface area contributed by atoms with Crippen LogP contribution >= 0.6 is 0 Å². The fraction of sp³-hybridized carbons (Fsp3) is 0.500. The van der Waals surface area contributed by atoms with E-state index in [0.717, 1.165) is 31.5 Å². The van der Waals surface area contributed by atoms with E-state index >= 15 is 0 Å². The minimum atomic E-state index is 0.146. The maximum absolute atomic E-state index is 12.5.